The zero-order valence-electron chi connectivity index (χ0n) is 8.69. The normalized spacial score (nSPS) is 19.8. The summed E-state index contributed by atoms with van der Waals surface area (Å²) in [6.07, 6.45) is -0.0998. The largest absolute Gasteiger partial charge is 0.481 e. The van der Waals surface area contributed by atoms with Crippen LogP contribution in [0.3, 0.4) is 0 Å². The summed E-state index contributed by atoms with van der Waals surface area (Å²) in [5, 5.41) is 9.04. The van der Waals surface area contributed by atoms with Gasteiger partial charge in [-0.15, -0.1) is 0 Å². The van der Waals surface area contributed by atoms with Gasteiger partial charge in [-0.3, -0.25) is 9.59 Å². The topological polar surface area (TPSA) is 57.6 Å². The molecule has 1 atom stereocenters. The van der Waals surface area contributed by atoms with E-state index in [1.165, 1.54) is 12.1 Å². The molecule has 0 aliphatic carbocycles. The Morgan fingerprint density at radius 2 is 2.24 bits per heavy atom. The maximum absolute atomic E-state index is 13.6. The quantitative estimate of drug-likeness (QED) is 0.881. The number of carboxylic acid groups (broad SMARTS) is 1. The molecule has 2 rings (SSSR count). The minimum Gasteiger partial charge on any atom is -0.481 e. The molecule has 1 aromatic rings. The molecule has 6 heteroatoms. The number of hydrogen-bond donors (Lipinski definition) is 1. The molecule has 0 saturated carbocycles. The predicted octanol–water partition coefficient (Wildman–Crippen LogP) is 1.92. The molecule has 90 valence electrons. The molecule has 1 aromatic carbocycles. The fourth-order valence-corrected chi connectivity index (χ4v) is 1.96. The minimum absolute atomic E-state index is 0.00722. The van der Waals surface area contributed by atoms with Crippen molar-refractivity contribution >= 4 is 29.2 Å². The van der Waals surface area contributed by atoms with Crippen LogP contribution in [0.4, 0.5) is 10.1 Å². The number of hydrogen-bond acceptors (Lipinski definition) is 2. The third-order valence-corrected chi connectivity index (χ3v) is 2.91. The van der Waals surface area contributed by atoms with Crippen LogP contribution in [0.5, 0.6) is 0 Å². The number of carbonyl (C=O) groups excluding carboxylic acids is 1. The number of benzene rings is 1. The van der Waals surface area contributed by atoms with Crippen LogP contribution < -0.4 is 4.90 Å². The van der Waals surface area contributed by atoms with E-state index in [0.717, 1.165) is 11.0 Å². The molecule has 1 fully saturated rings. The van der Waals surface area contributed by atoms with Crippen LogP contribution in [0.15, 0.2) is 18.2 Å². The standard InChI is InChI=1S/C11H9ClFNO3/c12-7-1-2-9(8(13)4-7)14-5-6(11(16)17)3-10(14)15/h1-2,4,6H,3,5H2,(H,16,17)/t6-/m0/s1. The summed E-state index contributed by atoms with van der Waals surface area (Å²) in [5.74, 6) is -2.84. The van der Waals surface area contributed by atoms with Gasteiger partial charge in [0.1, 0.15) is 5.82 Å². The Labute approximate surface area is 102 Å². The number of rotatable bonds is 2. The fourth-order valence-electron chi connectivity index (χ4n) is 1.81. The lowest BCUT2D eigenvalue weighted by Gasteiger charge is -2.16. The second-order valence-corrected chi connectivity index (χ2v) is 4.28. The van der Waals surface area contributed by atoms with Crippen LogP contribution >= 0.6 is 11.6 Å². The van der Waals surface area contributed by atoms with E-state index in [1.54, 1.807) is 0 Å². The molecule has 1 N–H and O–H groups in total. The van der Waals surface area contributed by atoms with E-state index >= 15 is 0 Å². The number of amides is 1. The van der Waals surface area contributed by atoms with E-state index in [-0.39, 0.29) is 23.7 Å². The third-order valence-electron chi connectivity index (χ3n) is 2.67. The van der Waals surface area contributed by atoms with Gasteiger partial charge in [0.05, 0.1) is 11.6 Å². The Morgan fingerprint density at radius 3 is 2.76 bits per heavy atom. The highest BCUT2D eigenvalue weighted by Crippen LogP contribution is 2.29. The first-order chi connectivity index (χ1) is 7.99. The highest BCUT2D eigenvalue weighted by molar-refractivity contribution is 6.30. The van der Waals surface area contributed by atoms with Crippen LogP contribution in [0.1, 0.15) is 6.42 Å². The molecule has 1 amide bonds. The van der Waals surface area contributed by atoms with E-state index in [9.17, 15) is 14.0 Å². The van der Waals surface area contributed by atoms with Gasteiger partial charge in [0.15, 0.2) is 0 Å². The predicted molar refractivity (Wildman–Crippen MR) is 59.5 cm³/mol. The van der Waals surface area contributed by atoms with Crippen LogP contribution in [0.2, 0.25) is 5.02 Å². The Morgan fingerprint density at radius 1 is 1.53 bits per heavy atom. The monoisotopic (exact) mass is 257 g/mol. The Hall–Kier alpha value is -1.62. The fraction of sp³-hybridized carbons (Fsp3) is 0.273. The van der Waals surface area contributed by atoms with Crippen molar-refractivity contribution in [3.05, 3.63) is 29.0 Å². The molecular weight excluding hydrogens is 249 g/mol. The van der Waals surface area contributed by atoms with E-state index in [1.807, 2.05) is 0 Å². The summed E-state index contributed by atoms with van der Waals surface area (Å²) < 4.78 is 13.6. The second kappa shape index (κ2) is 4.33. The third kappa shape index (κ3) is 2.24. The highest BCUT2D eigenvalue weighted by atomic mass is 35.5. The average Bonchev–Trinajstić information content (AvgIpc) is 2.61. The smallest absolute Gasteiger partial charge is 0.308 e. The lowest BCUT2D eigenvalue weighted by atomic mass is 10.1. The Kier molecular flexibility index (Phi) is 3.02. The number of carbonyl (C=O) groups is 2. The number of aliphatic carboxylic acids is 1. The molecule has 0 unspecified atom stereocenters. The minimum atomic E-state index is -1.05. The summed E-state index contributed by atoms with van der Waals surface area (Å²) in [6, 6.07) is 3.93. The molecular formula is C11H9ClFNO3. The van der Waals surface area contributed by atoms with Gasteiger partial charge < -0.3 is 10.0 Å². The van der Waals surface area contributed by atoms with E-state index in [4.69, 9.17) is 16.7 Å². The summed E-state index contributed by atoms with van der Waals surface area (Å²) in [6.45, 7) is -0.00722. The number of carboxylic acids is 1. The molecule has 0 bridgehead atoms. The van der Waals surface area contributed by atoms with Crippen LogP contribution in [0.25, 0.3) is 0 Å². The van der Waals surface area contributed by atoms with Crippen molar-refractivity contribution in [2.24, 2.45) is 5.92 Å². The van der Waals surface area contributed by atoms with Crippen molar-refractivity contribution in [1.82, 2.24) is 0 Å². The van der Waals surface area contributed by atoms with Crippen molar-refractivity contribution in [3.8, 4) is 0 Å². The molecule has 1 aliphatic rings. The Balaban J connectivity index is 2.29. The van der Waals surface area contributed by atoms with Crippen molar-refractivity contribution in [2.75, 3.05) is 11.4 Å². The van der Waals surface area contributed by atoms with E-state index in [2.05, 4.69) is 0 Å². The number of nitrogens with zero attached hydrogens (tertiary/aromatic N) is 1. The number of halogens is 2. The average molecular weight is 258 g/mol. The molecule has 4 nitrogen and oxygen atoms in total. The van der Waals surface area contributed by atoms with E-state index in [0.29, 0.717) is 0 Å². The first kappa shape index (κ1) is 11.9. The summed E-state index contributed by atoms with van der Waals surface area (Å²) in [4.78, 5) is 23.5. The van der Waals surface area contributed by atoms with Crippen LogP contribution in [-0.4, -0.2) is 23.5 Å². The van der Waals surface area contributed by atoms with Gasteiger partial charge in [-0.25, -0.2) is 4.39 Å². The van der Waals surface area contributed by atoms with Crippen molar-refractivity contribution in [3.63, 3.8) is 0 Å². The number of anilines is 1. The lowest BCUT2D eigenvalue weighted by Crippen LogP contribution is -2.26. The highest BCUT2D eigenvalue weighted by Gasteiger charge is 2.36. The maximum atomic E-state index is 13.6. The van der Waals surface area contributed by atoms with Gasteiger partial charge in [-0.1, -0.05) is 11.6 Å². The molecule has 17 heavy (non-hydrogen) atoms. The summed E-state index contributed by atoms with van der Waals surface area (Å²) in [5.41, 5.74) is 0.0724. The molecule has 0 spiro atoms. The first-order valence-corrected chi connectivity index (χ1v) is 5.35. The maximum Gasteiger partial charge on any atom is 0.308 e. The van der Waals surface area contributed by atoms with Crippen molar-refractivity contribution in [2.45, 2.75) is 6.42 Å². The van der Waals surface area contributed by atoms with Gasteiger partial charge in [0.25, 0.3) is 0 Å². The van der Waals surface area contributed by atoms with Gasteiger partial charge in [0, 0.05) is 18.0 Å². The van der Waals surface area contributed by atoms with Crippen LogP contribution in [0, 0.1) is 11.7 Å². The van der Waals surface area contributed by atoms with Crippen molar-refractivity contribution in [1.29, 1.82) is 0 Å². The molecule has 1 aliphatic heterocycles. The first-order valence-electron chi connectivity index (χ1n) is 4.97. The van der Waals surface area contributed by atoms with Gasteiger partial charge in [-0.05, 0) is 18.2 Å². The van der Waals surface area contributed by atoms with Gasteiger partial charge in [0.2, 0.25) is 5.91 Å². The SMILES string of the molecule is O=C(O)[C@H]1CC(=O)N(c2ccc(Cl)cc2F)C1. The molecule has 0 radical (unpaired) electrons. The van der Waals surface area contributed by atoms with Crippen molar-refractivity contribution < 1.29 is 19.1 Å². The second-order valence-electron chi connectivity index (χ2n) is 3.84. The van der Waals surface area contributed by atoms with Gasteiger partial charge in [-0.2, -0.15) is 0 Å². The van der Waals surface area contributed by atoms with E-state index < -0.39 is 23.6 Å². The summed E-state index contributed by atoms with van der Waals surface area (Å²) in [7, 11) is 0. The zero-order valence-corrected chi connectivity index (χ0v) is 9.45. The van der Waals surface area contributed by atoms with Gasteiger partial charge >= 0.3 is 5.97 Å². The Bertz CT molecular complexity index is 492. The van der Waals surface area contributed by atoms with Crippen LogP contribution in [-0.2, 0) is 9.59 Å². The molecule has 0 aromatic heterocycles. The summed E-state index contributed by atoms with van der Waals surface area (Å²) >= 11 is 5.60. The lowest BCUT2D eigenvalue weighted by molar-refractivity contribution is -0.141. The zero-order chi connectivity index (χ0) is 12.6. The molecule has 1 saturated heterocycles. The molecule has 1 heterocycles.